The minimum atomic E-state index is -1.16. The van der Waals surface area contributed by atoms with E-state index < -0.39 is 28.8 Å². The second-order valence-electron chi connectivity index (χ2n) is 9.36. The Morgan fingerprint density at radius 1 is 1.10 bits per heavy atom. The lowest BCUT2D eigenvalue weighted by Gasteiger charge is -2.28. The zero-order valence-electron chi connectivity index (χ0n) is 21.5. The number of amides is 1. The Morgan fingerprint density at radius 2 is 1.74 bits per heavy atom. The first-order chi connectivity index (χ1) is 18.6. The fraction of sp³-hybridized carbons (Fsp3) is 0.370. The summed E-state index contributed by atoms with van der Waals surface area (Å²) in [5.41, 5.74) is 0.239. The minimum absolute atomic E-state index is 0.0475. The van der Waals surface area contributed by atoms with E-state index in [1.54, 1.807) is 24.3 Å². The Kier molecular flexibility index (Phi) is 8.89. The molecule has 2 atom stereocenters. The lowest BCUT2D eigenvalue weighted by Crippen LogP contribution is -2.46. The quantitative estimate of drug-likeness (QED) is 0.295. The number of nitrogens with zero attached hydrogens (tertiary/aromatic N) is 3. The number of aromatic nitrogens is 1. The van der Waals surface area contributed by atoms with Crippen molar-refractivity contribution in [3.05, 3.63) is 78.3 Å². The van der Waals surface area contributed by atoms with E-state index in [0.29, 0.717) is 24.3 Å². The van der Waals surface area contributed by atoms with Crippen molar-refractivity contribution < 1.29 is 14.7 Å². The molecule has 10 nitrogen and oxygen atoms in total. The molecule has 4 rings (SSSR count). The number of aliphatic carboxylic acids is 1. The van der Waals surface area contributed by atoms with Gasteiger partial charge in [0.05, 0.1) is 15.6 Å². The summed E-state index contributed by atoms with van der Waals surface area (Å²) in [7, 11) is 0. The predicted octanol–water partition coefficient (Wildman–Crippen LogP) is 3.27. The number of anilines is 3. The van der Waals surface area contributed by atoms with Crippen LogP contribution in [0.3, 0.4) is 0 Å². The van der Waals surface area contributed by atoms with Crippen molar-refractivity contribution in [1.29, 1.82) is 0 Å². The van der Waals surface area contributed by atoms with Gasteiger partial charge in [-0.05, 0) is 37.2 Å². The van der Waals surface area contributed by atoms with Gasteiger partial charge in [0, 0.05) is 43.6 Å². The first-order valence-corrected chi connectivity index (χ1v) is 13.4. The second kappa shape index (κ2) is 12.1. The predicted molar refractivity (Wildman–Crippen MR) is 152 cm³/mol. The van der Waals surface area contributed by atoms with Gasteiger partial charge in [-0.15, -0.1) is 0 Å². The van der Waals surface area contributed by atoms with Crippen LogP contribution in [0.4, 0.5) is 17.1 Å². The molecule has 1 saturated heterocycles. The van der Waals surface area contributed by atoms with Gasteiger partial charge >= 0.3 is 5.97 Å². The van der Waals surface area contributed by atoms with Gasteiger partial charge in [-0.3, -0.25) is 24.3 Å². The lowest BCUT2D eigenvalue weighted by molar-refractivity contribution is -0.137. The number of carboxylic acid groups (broad SMARTS) is 1. The van der Waals surface area contributed by atoms with E-state index in [0.717, 1.165) is 19.5 Å². The van der Waals surface area contributed by atoms with Gasteiger partial charge in [0.25, 0.3) is 16.8 Å². The average Bonchev–Trinajstić information content (AvgIpc) is 3.38. The summed E-state index contributed by atoms with van der Waals surface area (Å²) in [5, 5.41) is 15.6. The Morgan fingerprint density at radius 3 is 2.33 bits per heavy atom. The van der Waals surface area contributed by atoms with Crippen LogP contribution in [-0.4, -0.2) is 65.1 Å². The largest absolute Gasteiger partial charge is 0.480 e. The summed E-state index contributed by atoms with van der Waals surface area (Å²) >= 11 is 12.1. The number of halogens is 2. The molecule has 1 aromatic heterocycles. The van der Waals surface area contributed by atoms with Crippen LogP contribution in [0.1, 0.15) is 36.2 Å². The molecule has 3 N–H and O–H groups in total. The van der Waals surface area contributed by atoms with Gasteiger partial charge in [0.15, 0.2) is 0 Å². The zero-order chi connectivity index (χ0) is 28.3. The number of likely N-dealkylation sites (N-methyl/N-ethyl adjacent to an activating group) is 1. The summed E-state index contributed by atoms with van der Waals surface area (Å²) < 4.78 is 0. The van der Waals surface area contributed by atoms with E-state index in [2.05, 4.69) is 34.4 Å². The smallest absolute Gasteiger partial charge is 0.326 e. The van der Waals surface area contributed by atoms with E-state index in [9.17, 15) is 24.3 Å². The van der Waals surface area contributed by atoms with Crippen molar-refractivity contribution in [2.24, 2.45) is 0 Å². The SMILES string of the molecule is CCN(CC)[C@H]1CCN(c2c(N[C@@H](Cc3ccc(NC(=O)c4c(Cl)cncc4Cl)cc3)C(=O)O)c(=O)c2=O)C1. The molecule has 1 aliphatic rings. The molecule has 3 aromatic rings. The Hall–Kier alpha value is -3.47. The Balaban J connectivity index is 1.44. The highest BCUT2D eigenvalue weighted by Gasteiger charge is 2.34. The van der Waals surface area contributed by atoms with Crippen molar-refractivity contribution in [3.63, 3.8) is 0 Å². The van der Waals surface area contributed by atoms with Crippen LogP contribution in [0.2, 0.25) is 10.0 Å². The lowest BCUT2D eigenvalue weighted by atomic mass is 10.0. The van der Waals surface area contributed by atoms with Crippen LogP contribution in [0.5, 0.6) is 0 Å². The van der Waals surface area contributed by atoms with Crippen LogP contribution in [-0.2, 0) is 11.2 Å². The summed E-state index contributed by atoms with van der Waals surface area (Å²) in [6.07, 6.45) is 3.55. The first-order valence-electron chi connectivity index (χ1n) is 12.6. The summed E-state index contributed by atoms with van der Waals surface area (Å²) in [6.45, 7) is 7.19. The average molecular weight is 574 g/mol. The van der Waals surface area contributed by atoms with Gasteiger partial charge in [-0.25, -0.2) is 4.79 Å². The van der Waals surface area contributed by atoms with Gasteiger partial charge in [-0.2, -0.15) is 0 Å². The molecule has 206 valence electrons. The van der Waals surface area contributed by atoms with Crippen LogP contribution >= 0.6 is 23.2 Å². The molecular formula is C27H29Cl2N5O5. The van der Waals surface area contributed by atoms with E-state index in [1.165, 1.54) is 12.4 Å². The molecule has 0 aliphatic carbocycles. The van der Waals surface area contributed by atoms with Gasteiger partial charge in [0.2, 0.25) is 0 Å². The van der Waals surface area contributed by atoms with Gasteiger partial charge < -0.3 is 20.6 Å². The van der Waals surface area contributed by atoms with Crippen LogP contribution in [0.15, 0.2) is 46.2 Å². The fourth-order valence-electron chi connectivity index (χ4n) is 4.95. The number of carbonyl (C=O) groups is 2. The molecule has 1 amide bonds. The first kappa shape index (κ1) is 28.5. The minimum Gasteiger partial charge on any atom is -0.480 e. The van der Waals surface area contributed by atoms with E-state index in [1.807, 2.05) is 4.90 Å². The van der Waals surface area contributed by atoms with Crippen molar-refractivity contribution in [3.8, 4) is 0 Å². The number of carboxylic acids is 1. The molecule has 0 radical (unpaired) electrons. The van der Waals surface area contributed by atoms with E-state index >= 15 is 0 Å². The molecule has 0 bridgehead atoms. The topological polar surface area (TPSA) is 132 Å². The number of carbonyl (C=O) groups excluding carboxylic acids is 1. The van der Waals surface area contributed by atoms with Gasteiger partial charge in [0.1, 0.15) is 17.4 Å². The molecule has 0 saturated carbocycles. The Bertz CT molecular complexity index is 1410. The Labute approximate surface area is 235 Å². The van der Waals surface area contributed by atoms with Crippen molar-refractivity contribution >= 4 is 52.1 Å². The summed E-state index contributed by atoms with van der Waals surface area (Å²) in [4.78, 5) is 57.5. The number of benzene rings is 1. The second-order valence-corrected chi connectivity index (χ2v) is 10.2. The van der Waals surface area contributed by atoms with E-state index in [-0.39, 0.29) is 39.4 Å². The maximum absolute atomic E-state index is 12.6. The molecule has 2 aromatic carbocycles. The van der Waals surface area contributed by atoms with E-state index in [4.69, 9.17) is 23.2 Å². The standard InChI is InChI=1S/C27H29Cl2N5O5/c1-3-33(4-2)17-9-10-34(14-17)23-22(24(35)25(23)36)32-20(27(38)39)11-15-5-7-16(8-6-15)31-26(37)21-18(28)12-30-13-19(21)29/h5-8,12-13,17,20,32H,3-4,9-11,14H2,1-2H3,(H,31,37)(H,38,39)/t17-,20-/m0/s1. The molecule has 0 unspecified atom stereocenters. The normalized spacial score (nSPS) is 16.0. The summed E-state index contributed by atoms with van der Waals surface area (Å²) in [5.74, 6) is -1.67. The molecule has 0 spiro atoms. The number of rotatable bonds is 11. The van der Waals surface area contributed by atoms with Crippen LogP contribution in [0.25, 0.3) is 0 Å². The third-order valence-electron chi connectivity index (χ3n) is 7.04. The van der Waals surface area contributed by atoms with Crippen molar-refractivity contribution in [1.82, 2.24) is 9.88 Å². The van der Waals surface area contributed by atoms with Crippen LogP contribution in [0, 0.1) is 0 Å². The highest BCUT2D eigenvalue weighted by atomic mass is 35.5. The van der Waals surface area contributed by atoms with Crippen molar-refractivity contribution in [2.75, 3.05) is 41.7 Å². The molecule has 39 heavy (non-hydrogen) atoms. The number of nitrogens with one attached hydrogen (secondary N) is 2. The van der Waals surface area contributed by atoms with Gasteiger partial charge in [-0.1, -0.05) is 49.2 Å². The molecule has 12 heteroatoms. The monoisotopic (exact) mass is 573 g/mol. The highest BCUT2D eigenvalue weighted by molar-refractivity contribution is 6.40. The zero-order valence-corrected chi connectivity index (χ0v) is 23.1. The third-order valence-corrected chi connectivity index (χ3v) is 7.62. The fourth-order valence-corrected chi connectivity index (χ4v) is 5.49. The highest BCUT2D eigenvalue weighted by Crippen LogP contribution is 2.28. The van der Waals surface area contributed by atoms with Crippen LogP contribution < -0.4 is 26.4 Å². The molecule has 2 heterocycles. The molecular weight excluding hydrogens is 545 g/mol. The van der Waals surface area contributed by atoms with Crippen molar-refractivity contribution in [2.45, 2.75) is 38.8 Å². The number of pyridine rings is 1. The molecule has 1 aliphatic heterocycles. The number of hydrogen-bond acceptors (Lipinski definition) is 8. The molecule has 1 fully saturated rings. The maximum atomic E-state index is 12.6. The third kappa shape index (κ3) is 6.08. The summed E-state index contributed by atoms with van der Waals surface area (Å²) in [6, 6.07) is 5.72. The maximum Gasteiger partial charge on any atom is 0.326 e. The number of hydrogen-bond donors (Lipinski definition) is 3.